The Kier molecular flexibility index (Phi) is 4.20. The fourth-order valence-corrected chi connectivity index (χ4v) is 3.30. The van der Waals surface area contributed by atoms with Crippen molar-refractivity contribution in [3.63, 3.8) is 0 Å². The summed E-state index contributed by atoms with van der Waals surface area (Å²) in [7, 11) is 0. The molecule has 3 atom stereocenters. The minimum atomic E-state index is -0.678. The fraction of sp³-hybridized carbons (Fsp3) is 0.500. The van der Waals surface area contributed by atoms with Crippen LogP contribution in [0.15, 0.2) is 30.3 Å². The van der Waals surface area contributed by atoms with Gasteiger partial charge in [-0.2, -0.15) is 0 Å². The van der Waals surface area contributed by atoms with Gasteiger partial charge in [-0.15, -0.1) is 0 Å². The molecule has 2 fully saturated rings. The first-order chi connectivity index (χ1) is 10.2. The van der Waals surface area contributed by atoms with Crippen molar-refractivity contribution in [3.05, 3.63) is 35.9 Å². The molecule has 3 unspecified atom stereocenters. The van der Waals surface area contributed by atoms with E-state index in [1.165, 1.54) is 12.8 Å². The Balaban J connectivity index is 1.43. The van der Waals surface area contributed by atoms with E-state index in [1.54, 1.807) is 0 Å². The van der Waals surface area contributed by atoms with Crippen LogP contribution in [-0.2, 0) is 16.1 Å². The molecule has 1 saturated heterocycles. The molecule has 0 spiro atoms. The van der Waals surface area contributed by atoms with Crippen LogP contribution in [0.4, 0.5) is 4.79 Å². The Labute approximate surface area is 124 Å². The molecule has 1 heterocycles. The predicted octanol–water partition coefficient (Wildman–Crippen LogP) is 1.97. The summed E-state index contributed by atoms with van der Waals surface area (Å²) in [6.07, 6.45) is 3.69. The number of benzene rings is 1. The minimum absolute atomic E-state index is 0.170. The first-order valence-corrected chi connectivity index (χ1v) is 7.50. The zero-order chi connectivity index (χ0) is 14.7. The van der Waals surface area contributed by atoms with Gasteiger partial charge in [0.25, 0.3) is 0 Å². The van der Waals surface area contributed by atoms with Crippen LogP contribution >= 0.6 is 0 Å². The lowest BCUT2D eigenvalue weighted by Crippen LogP contribution is -2.45. The smallest absolute Gasteiger partial charge is 0.414 e. The lowest BCUT2D eigenvalue weighted by Gasteiger charge is -2.12. The molecule has 1 aromatic carbocycles. The molecule has 5 nitrogen and oxygen atoms in total. The average molecular weight is 288 g/mol. The molecule has 0 radical (unpaired) electrons. The number of nitrogens with one attached hydrogen (secondary N) is 2. The van der Waals surface area contributed by atoms with E-state index < -0.39 is 6.09 Å². The van der Waals surface area contributed by atoms with Crippen molar-refractivity contribution in [3.8, 4) is 0 Å². The molecule has 2 N–H and O–H groups in total. The normalized spacial score (nSPS) is 27.1. The molecule has 1 aromatic rings. The minimum Gasteiger partial charge on any atom is -0.444 e. The second kappa shape index (κ2) is 6.26. The van der Waals surface area contributed by atoms with Crippen LogP contribution in [-0.4, -0.2) is 24.1 Å². The van der Waals surface area contributed by atoms with E-state index in [2.05, 4.69) is 10.6 Å². The molecule has 0 aromatic heterocycles. The number of ether oxygens (including phenoxy) is 1. The molecular formula is C16H20N2O3. The first-order valence-electron chi connectivity index (χ1n) is 7.50. The number of imide groups is 1. The number of amides is 2. The second-order valence-electron chi connectivity index (χ2n) is 5.80. The third kappa shape index (κ3) is 3.42. The van der Waals surface area contributed by atoms with Gasteiger partial charge in [-0.25, -0.2) is 4.79 Å². The zero-order valence-corrected chi connectivity index (χ0v) is 11.9. The summed E-state index contributed by atoms with van der Waals surface area (Å²) in [6.45, 7) is 0.170. The predicted molar refractivity (Wildman–Crippen MR) is 77.4 cm³/mol. The molecule has 3 rings (SSSR count). The van der Waals surface area contributed by atoms with Crippen LogP contribution in [0, 0.1) is 5.92 Å². The summed E-state index contributed by atoms with van der Waals surface area (Å²) < 4.78 is 5.05. The monoisotopic (exact) mass is 288 g/mol. The van der Waals surface area contributed by atoms with Crippen LogP contribution in [0.5, 0.6) is 0 Å². The number of carbonyl (C=O) groups excluding carboxylic acids is 2. The van der Waals surface area contributed by atoms with Crippen molar-refractivity contribution >= 4 is 12.0 Å². The van der Waals surface area contributed by atoms with Crippen LogP contribution < -0.4 is 10.6 Å². The Morgan fingerprint density at radius 1 is 1.24 bits per heavy atom. The van der Waals surface area contributed by atoms with E-state index in [-0.39, 0.29) is 18.6 Å². The van der Waals surface area contributed by atoms with Gasteiger partial charge in [0.1, 0.15) is 6.61 Å². The highest BCUT2D eigenvalue weighted by atomic mass is 16.5. The van der Waals surface area contributed by atoms with Crippen LogP contribution in [0.2, 0.25) is 0 Å². The van der Waals surface area contributed by atoms with Gasteiger partial charge in [0, 0.05) is 6.04 Å². The fourth-order valence-electron chi connectivity index (χ4n) is 3.30. The van der Waals surface area contributed by atoms with E-state index in [9.17, 15) is 9.59 Å². The standard InChI is InChI=1S/C16H20N2O3/c19-15(14-9-12-7-4-8-13(12)17-14)18-16(20)21-10-11-5-2-1-3-6-11/h1-3,5-6,12-14,17H,4,7-10H2,(H,18,19,20). The highest BCUT2D eigenvalue weighted by molar-refractivity contribution is 5.95. The Hall–Kier alpha value is -1.88. The third-order valence-corrected chi connectivity index (χ3v) is 4.37. The van der Waals surface area contributed by atoms with Gasteiger partial charge in [-0.3, -0.25) is 10.1 Å². The average Bonchev–Trinajstić information content (AvgIpc) is 3.07. The Bertz CT molecular complexity index is 506. The molecule has 0 bridgehead atoms. The SMILES string of the molecule is O=C(NC(=O)C1CC2CCCC2N1)OCc1ccccc1. The van der Waals surface area contributed by atoms with Crippen molar-refractivity contribution < 1.29 is 14.3 Å². The number of hydrogen-bond donors (Lipinski definition) is 2. The zero-order valence-electron chi connectivity index (χ0n) is 11.9. The van der Waals surface area contributed by atoms with Gasteiger partial charge >= 0.3 is 6.09 Å². The van der Waals surface area contributed by atoms with Crippen LogP contribution in [0.3, 0.4) is 0 Å². The third-order valence-electron chi connectivity index (χ3n) is 4.37. The number of carbonyl (C=O) groups is 2. The lowest BCUT2D eigenvalue weighted by atomic mass is 10.0. The largest absolute Gasteiger partial charge is 0.444 e. The molecular weight excluding hydrogens is 268 g/mol. The maximum absolute atomic E-state index is 12.0. The molecule has 2 amide bonds. The van der Waals surface area contributed by atoms with E-state index in [0.29, 0.717) is 12.0 Å². The van der Waals surface area contributed by atoms with E-state index in [4.69, 9.17) is 4.74 Å². The maximum Gasteiger partial charge on any atom is 0.414 e. The number of hydrogen-bond acceptors (Lipinski definition) is 4. The van der Waals surface area contributed by atoms with Gasteiger partial charge in [0.2, 0.25) is 5.91 Å². The summed E-state index contributed by atoms with van der Waals surface area (Å²) in [5.74, 6) is 0.309. The Morgan fingerprint density at radius 2 is 2.05 bits per heavy atom. The van der Waals surface area contributed by atoms with Crippen molar-refractivity contribution in [2.75, 3.05) is 0 Å². The van der Waals surface area contributed by atoms with Gasteiger partial charge in [-0.05, 0) is 30.7 Å². The molecule has 112 valence electrons. The highest BCUT2D eigenvalue weighted by Crippen LogP contribution is 2.34. The van der Waals surface area contributed by atoms with Crippen LogP contribution in [0.1, 0.15) is 31.2 Å². The maximum atomic E-state index is 12.0. The van der Waals surface area contributed by atoms with Gasteiger partial charge < -0.3 is 10.1 Å². The van der Waals surface area contributed by atoms with E-state index >= 15 is 0 Å². The highest BCUT2D eigenvalue weighted by Gasteiger charge is 2.40. The second-order valence-corrected chi connectivity index (χ2v) is 5.80. The molecule has 1 aliphatic carbocycles. The summed E-state index contributed by atoms with van der Waals surface area (Å²) in [6, 6.07) is 9.58. The summed E-state index contributed by atoms with van der Waals surface area (Å²) in [4.78, 5) is 23.7. The van der Waals surface area contributed by atoms with Crippen molar-refractivity contribution in [1.82, 2.24) is 10.6 Å². The summed E-state index contributed by atoms with van der Waals surface area (Å²) in [5.41, 5.74) is 0.897. The number of alkyl carbamates (subject to hydrolysis) is 1. The summed E-state index contributed by atoms with van der Waals surface area (Å²) >= 11 is 0. The number of fused-ring (bicyclic) bond motifs is 1. The van der Waals surface area contributed by atoms with Gasteiger partial charge in [0.15, 0.2) is 0 Å². The van der Waals surface area contributed by atoms with Crippen molar-refractivity contribution in [1.29, 1.82) is 0 Å². The van der Waals surface area contributed by atoms with Crippen molar-refractivity contribution in [2.45, 2.75) is 44.4 Å². The molecule has 21 heavy (non-hydrogen) atoms. The van der Waals surface area contributed by atoms with Gasteiger partial charge in [-0.1, -0.05) is 36.8 Å². The lowest BCUT2D eigenvalue weighted by molar-refractivity contribution is -0.122. The van der Waals surface area contributed by atoms with Gasteiger partial charge in [0.05, 0.1) is 6.04 Å². The quantitative estimate of drug-likeness (QED) is 0.892. The Morgan fingerprint density at radius 3 is 2.81 bits per heavy atom. The van der Waals surface area contributed by atoms with E-state index in [0.717, 1.165) is 18.4 Å². The molecule has 5 heteroatoms. The molecule has 1 saturated carbocycles. The van der Waals surface area contributed by atoms with Crippen molar-refractivity contribution in [2.24, 2.45) is 5.92 Å². The molecule has 1 aliphatic heterocycles. The summed E-state index contributed by atoms with van der Waals surface area (Å²) in [5, 5.41) is 5.63. The number of rotatable bonds is 3. The van der Waals surface area contributed by atoms with Crippen LogP contribution in [0.25, 0.3) is 0 Å². The topological polar surface area (TPSA) is 67.4 Å². The van der Waals surface area contributed by atoms with E-state index in [1.807, 2.05) is 30.3 Å². The first kappa shape index (κ1) is 14.1. The molecule has 2 aliphatic rings.